The first-order valence-electron chi connectivity index (χ1n) is 4.49. The summed E-state index contributed by atoms with van der Waals surface area (Å²) in [5.41, 5.74) is 7.46. The molecular formula is C9H7N5S2. The van der Waals surface area contributed by atoms with Crippen LogP contribution in [0.1, 0.15) is 0 Å². The van der Waals surface area contributed by atoms with Gasteiger partial charge in [0.25, 0.3) is 0 Å². The number of aromatic nitrogens is 4. The Bertz CT molecular complexity index is 595. The molecule has 0 fully saturated rings. The first kappa shape index (κ1) is 9.49. The Morgan fingerprint density at radius 2 is 2.19 bits per heavy atom. The zero-order valence-electron chi connectivity index (χ0n) is 8.04. The number of nitrogen functional groups attached to an aromatic ring is 1. The van der Waals surface area contributed by atoms with Gasteiger partial charge < -0.3 is 5.73 Å². The maximum atomic E-state index is 5.74. The summed E-state index contributed by atoms with van der Waals surface area (Å²) < 4.78 is 0. The van der Waals surface area contributed by atoms with Crippen LogP contribution in [0.5, 0.6) is 0 Å². The Morgan fingerprint density at radius 1 is 1.25 bits per heavy atom. The number of thiazole rings is 2. The maximum absolute atomic E-state index is 5.74. The van der Waals surface area contributed by atoms with Gasteiger partial charge in [0, 0.05) is 17.0 Å². The van der Waals surface area contributed by atoms with Crippen molar-refractivity contribution in [3.63, 3.8) is 0 Å². The van der Waals surface area contributed by atoms with Crippen molar-refractivity contribution in [1.82, 2.24) is 20.2 Å². The minimum Gasteiger partial charge on any atom is -0.383 e. The molecule has 0 aliphatic heterocycles. The minimum atomic E-state index is 0.542. The molecule has 7 heteroatoms. The first-order valence-corrected chi connectivity index (χ1v) is 6.25. The number of H-pyrrole nitrogens is 1. The zero-order valence-corrected chi connectivity index (χ0v) is 9.68. The van der Waals surface area contributed by atoms with Crippen molar-refractivity contribution in [3.05, 3.63) is 23.2 Å². The summed E-state index contributed by atoms with van der Waals surface area (Å²) in [5.74, 6) is 0.542. The molecule has 0 aliphatic carbocycles. The molecule has 0 amide bonds. The molecule has 3 aromatic rings. The molecule has 3 aromatic heterocycles. The normalized spacial score (nSPS) is 10.8. The Balaban J connectivity index is 2.03. The topological polar surface area (TPSA) is 80.5 Å². The first-order chi connectivity index (χ1) is 7.84. The molecule has 0 spiro atoms. The van der Waals surface area contributed by atoms with Crippen molar-refractivity contribution in [2.24, 2.45) is 0 Å². The lowest BCUT2D eigenvalue weighted by Crippen LogP contribution is -1.87. The molecule has 5 nitrogen and oxygen atoms in total. The zero-order chi connectivity index (χ0) is 11.0. The molecule has 0 saturated heterocycles. The molecule has 3 N–H and O–H groups in total. The number of anilines is 1. The van der Waals surface area contributed by atoms with Gasteiger partial charge in [0.15, 0.2) is 0 Å². The summed E-state index contributed by atoms with van der Waals surface area (Å²) in [5, 5.41) is 12.2. The molecule has 80 valence electrons. The lowest BCUT2D eigenvalue weighted by atomic mass is 10.3. The van der Waals surface area contributed by atoms with E-state index in [4.69, 9.17) is 5.73 Å². The van der Waals surface area contributed by atoms with Gasteiger partial charge in [0.1, 0.15) is 21.5 Å². The Morgan fingerprint density at radius 3 is 2.88 bits per heavy atom. The van der Waals surface area contributed by atoms with Crippen molar-refractivity contribution in [2.45, 2.75) is 0 Å². The molecule has 0 aliphatic rings. The van der Waals surface area contributed by atoms with Gasteiger partial charge in [-0.2, -0.15) is 5.10 Å². The van der Waals surface area contributed by atoms with E-state index in [0.717, 1.165) is 21.3 Å². The van der Waals surface area contributed by atoms with Crippen LogP contribution >= 0.6 is 22.7 Å². The Kier molecular flexibility index (Phi) is 2.19. The van der Waals surface area contributed by atoms with Crippen LogP contribution in [0.25, 0.3) is 21.3 Å². The summed E-state index contributed by atoms with van der Waals surface area (Å²) in [7, 11) is 0. The molecule has 16 heavy (non-hydrogen) atoms. The smallest absolute Gasteiger partial charge is 0.142 e. The highest BCUT2D eigenvalue weighted by molar-refractivity contribution is 7.15. The fraction of sp³-hybridized carbons (Fsp3) is 0. The highest BCUT2D eigenvalue weighted by atomic mass is 32.1. The van der Waals surface area contributed by atoms with Crippen molar-refractivity contribution in [1.29, 1.82) is 0 Å². The fourth-order valence-corrected chi connectivity index (χ4v) is 2.81. The summed E-state index contributed by atoms with van der Waals surface area (Å²) in [4.78, 5) is 8.69. The van der Waals surface area contributed by atoms with Crippen molar-refractivity contribution in [3.8, 4) is 21.3 Å². The third-order valence-electron chi connectivity index (χ3n) is 2.05. The van der Waals surface area contributed by atoms with Crippen LogP contribution in [0.4, 0.5) is 5.82 Å². The van der Waals surface area contributed by atoms with Crippen LogP contribution in [0.15, 0.2) is 23.2 Å². The van der Waals surface area contributed by atoms with Gasteiger partial charge in [0.2, 0.25) is 0 Å². The van der Waals surface area contributed by atoms with E-state index in [1.54, 1.807) is 23.7 Å². The van der Waals surface area contributed by atoms with Crippen LogP contribution in [0.3, 0.4) is 0 Å². The molecular weight excluding hydrogens is 242 g/mol. The number of hydrogen-bond acceptors (Lipinski definition) is 6. The SMILES string of the molecule is Nc1[nH]ncc1-c1nc(-c2nccs2)cs1. The average molecular weight is 249 g/mol. The lowest BCUT2D eigenvalue weighted by Gasteiger charge is -1.91. The van der Waals surface area contributed by atoms with E-state index in [0.29, 0.717) is 5.82 Å². The largest absolute Gasteiger partial charge is 0.383 e. The van der Waals surface area contributed by atoms with E-state index >= 15 is 0 Å². The van der Waals surface area contributed by atoms with Gasteiger partial charge in [-0.1, -0.05) is 0 Å². The number of rotatable bonds is 2. The number of nitrogens with zero attached hydrogens (tertiary/aromatic N) is 3. The van der Waals surface area contributed by atoms with Gasteiger partial charge in [0.05, 0.1) is 11.8 Å². The fourth-order valence-electron chi connectivity index (χ4n) is 1.31. The molecule has 3 rings (SSSR count). The van der Waals surface area contributed by atoms with E-state index < -0.39 is 0 Å². The number of aromatic amines is 1. The molecule has 0 atom stereocenters. The third-order valence-corrected chi connectivity index (χ3v) is 3.73. The van der Waals surface area contributed by atoms with E-state index in [1.807, 2.05) is 10.8 Å². The molecule has 0 bridgehead atoms. The summed E-state index contributed by atoms with van der Waals surface area (Å²) in [6.45, 7) is 0. The highest BCUT2D eigenvalue weighted by Crippen LogP contribution is 2.31. The van der Waals surface area contributed by atoms with Gasteiger partial charge in [-0.05, 0) is 0 Å². The Hall–Kier alpha value is -1.73. The number of nitrogens with two attached hydrogens (primary N) is 1. The number of hydrogen-bond donors (Lipinski definition) is 2. The van der Waals surface area contributed by atoms with Gasteiger partial charge in [-0.15, -0.1) is 22.7 Å². The van der Waals surface area contributed by atoms with E-state index in [-0.39, 0.29) is 0 Å². The van der Waals surface area contributed by atoms with Crippen molar-refractivity contribution >= 4 is 28.5 Å². The van der Waals surface area contributed by atoms with Crippen molar-refractivity contribution < 1.29 is 0 Å². The van der Waals surface area contributed by atoms with Crippen LogP contribution in [0, 0.1) is 0 Å². The Labute approximate surface area is 99.0 Å². The van der Waals surface area contributed by atoms with Crippen LogP contribution in [0.2, 0.25) is 0 Å². The molecule has 0 radical (unpaired) electrons. The van der Waals surface area contributed by atoms with Crippen LogP contribution < -0.4 is 5.73 Å². The van der Waals surface area contributed by atoms with E-state index in [1.165, 1.54) is 11.3 Å². The second-order valence-electron chi connectivity index (χ2n) is 3.07. The van der Waals surface area contributed by atoms with E-state index in [9.17, 15) is 0 Å². The number of nitrogens with one attached hydrogen (secondary N) is 1. The van der Waals surface area contributed by atoms with Gasteiger partial charge >= 0.3 is 0 Å². The van der Waals surface area contributed by atoms with Gasteiger partial charge in [-0.25, -0.2) is 9.97 Å². The average Bonchev–Trinajstić information content (AvgIpc) is 2.96. The summed E-state index contributed by atoms with van der Waals surface area (Å²) in [6.07, 6.45) is 3.45. The molecule has 0 unspecified atom stereocenters. The molecule has 0 saturated carbocycles. The standard InChI is InChI=1S/C9H7N5S2/c10-7-5(3-12-14-7)8-13-6(4-16-8)9-11-1-2-15-9/h1-4H,(H3,10,12,14). The second kappa shape index (κ2) is 3.69. The second-order valence-corrected chi connectivity index (χ2v) is 4.83. The predicted octanol–water partition coefficient (Wildman–Crippen LogP) is 2.24. The van der Waals surface area contributed by atoms with Crippen LogP contribution in [-0.4, -0.2) is 20.2 Å². The minimum absolute atomic E-state index is 0.542. The highest BCUT2D eigenvalue weighted by Gasteiger charge is 2.11. The maximum Gasteiger partial charge on any atom is 0.142 e. The predicted molar refractivity (Wildman–Crippen MR) is 65.2 cm³/mol. The monoisotopic (exact) mass is 249 g/mol. The molecule has 3 heterocycles. The third kappa shape index (κ3) is 1.50. The van der Waals surface area contributed by atoms with E-state index in [2.05, 4.69) is 20.2 Å². The van der Waals surface area contributed by atoms with Crippen molar-refractivity contribution in [2.75, 3.05) is 5.73 Å². The lowest BCUT2D eigenvalue weighted by molar-refractivity contribution is 1.10. The summed E-state index contributed by atoms with van der Waals surface area (Å²) >= 11 is 3.10. The summed E-state index contributed by atoms with van der Waals surface area (Å²) in [6, 6.07) is 0. The van der Waals surface area contributed by atoms with Crippen LogP contribution in [-0.2, 0) is 0 Å². The quantitative estimate of drug-likeness (QED) is 0.730. The van der Waals surface area contributed by atoms with Gasteiger partial charge in [-0.3, -0.25) is 5.10 Å². The molecule has 0 aromatic carbocycles.